The number of ether oxygens (including phenoxy) is 1. The van der Waals surface area contributed by atoms with Gasteiger partial charge < -0.3 is 9.26 Å². The van der Waals surface area contributed by atoms with Crippen molar-refractivity contribution in [2.24, 2.45) is 0 Å². The molecule has 1 aromatic carbocycles. The standard InChI is InChI=1S/C18H15ClN2O3S/c19-14-4-2-13(3-5-14)18(7-1-8-18)17(22)23-10-15-20-16(24-21-15)12-6-9-25-11-12/h2-6,9,11H,1,7-8,10H2. The number of halogens is 1. The molecule has 25 heavy (non-hydrogen) atoms. The van der Waals surface area contributed by atoms with Crippen LogP contribution in [0.2, 0.25) is 5.02 Å². The molecule has 2 aromatic heterocycles. The molecule has 0 aliphatic heterocycles. The quantitative estimate of drug-likeness (QED) is 0.610. The van der Waals surface area contributed by atoms with E-state index in [9.17, 15) is 4.79 Å². The topological polar surface area (TPSA) is 65.2 Å². The molecule has 0 bridgehead atoms. The van der Waals surface area contributed by atoms with Crippen molar-refractivity contribution in [3.05, 3.63) is 57.5 Å². The zero-order chi connectivity index (χ0) is 17.3. The Morgan fingerprint density at radius 3 is 2.72 bits per heavy atom. The van der Waals surface area contributed by atoms with Crippen molar-refractivity contribution in [1.82, 2.24) is 10.1 Å². The lowest BCUT2D eigenvalue weighted by molar-refractivity contribution is -0.156. The van der Waals surface area contributed by atoms with E-state index in [-0.39, 0.29) is 12.6 Å². The molecule has 0 N–H and O–H groups in total. The summed E-state index contributed by atoms with van der Waals surface area (Å²) in [5.41, 5.74) is 1.23. The molecule has 1 aliphatic rings. The van der Waals surface area contributed by atoms with E-state index in [0.29, 0.717) is 16.7 Å². The summed E-state index contributed by atoms with van der Waals surface area (Å²) < 4.78 is 10.7. The summed E-state index contributed by atoms with van der Waals surface area (Å²) >= 11 is 7.50. The van der Waals surface area contributed by atoms with Gasteiger partial charge in [-0.2, -0.15) is 16.3 Å². The zero-order valence-corrected chi connectivity index (χ0v) is 14.8. The van der Waals surface area contributed by atoms with Crippen LogP contribution in [-0.2, 0) is 21.6 Å². The molecular weight excluding hydrogens is 360 g/mol. The van der Waals surface area contributed by atoms with Crippen molar-refractivity contribution in [1.29, 1.82) is 0 Å². The van der Waals surface area contributed by atoms with E-state index in [0.717, 1.165) is 30.4 Å². The fraction of sp³-hybridized carbons (Fsp3) is 0.278. The van der Waals surface area contributed by atoms with Gasteiger partial charge in [-0.1, -0.05) is 35.3 Å². The highest BCUT2D eigenvalue weighted by Gasteiger charge is 2.47. The van der Waals surface area contributed by atoms with Gasteiger partial charge in [0.2, 0.25) is 5.82 Å². The number of esters is 1. The molecule has 0 amide bonds. The molecule has 0 spiro atoms. The van der Waals surface area contributed by atoms with Gasteiger partial charge in [0.25, 0.3) is 5.89 Å². The van der Waals surface area contributed by atoms with Crippen LogP contribution in [0.25, 0.3) is 11.5 Å². The van der Waals surface area contributed by atoms with Gasteiger partial charge in [-0.05, 0) is 42.0 Å². The molecule has 1 saturated carbocycles. The van der Waals surface area contributed by atoms with Crippen LogP contribution in [0.5, 0.6) is 0 Å². The van der Waals surface area contributed by atoms with Crippen LogP contribution in [0.3, 0.4) is 0 Å². The highest BCUT2D eigenvalue weighted by Crippen LogP contribution is 2.45. The fourth-order valence-corrected chi connectivity index (χ4v) is 3.75. The predicted molar refractivity (Wildman–Crippen MR) is 94.4 cm³/mol. The number of rotatable bonds is 5. The molecule has 4 rings (SSSR count). The monoisotopic (exact) mass is 374 g/mol. The van der Waals surface area contributed by atoms with E-state index in [1.165, 1.54) is 0 Å². The van der Waals surface area contributed by atoms with Gasteiger partial charge in [0, 0.05) is 10.4 Å². The second kappa shape index (κ2) is 6.61. The van der Waals surface area contributed by atoms with Crippen LogP contribution < -0.4 is 0 Å². The second-order valence-electron chi connectivity index (χ2n) is 6.05. The van der Waals surface area contributed by atoms with E-state index in [2.05, 4.69) is 10.1 Å². The van der Waals surface area contributed by atoms with Crippen LogP contribution in [0.1, 0.15) is 30.7 Å². The van der Waals surface area contributed by atoms with Crippen molar-refractivity contribution in [2.75, 3.05) is 0 Å². The number of benzene rings is 1. The maximum Gasteiger partial charge on any atom is 0.317 e. The number of aromatic nitrogens is 2. The molecule has 0 unspecified atom stereocenters. The van der Waals surface area contributed by atoms with Gasteiger partial charge in [-0.15, -0.1) is 0 Å². The lowest BCUT2D eigenvalue weighted by Crippen LogP contribution is -2.43. The Morgan fingerprint density at radius 1 is 1.28 bits per heavy atom. The van der Waals surface area contributed by atoms with E-state index in [4.69, 9.17) is 20.9 Å². The Morgan fingerprint density at radius 2 is 2.08 bits per heavy atom. The average molecular weight is 375 g/mol. The third kappa shape index (κ3) is 3.07. The molecule has 128 valence electrons. The molecule has 7 heteroatoms. The normalized spacial score (nSPS) is 15.6. The van der Waals surface area contributed by atoms with Crippen molar-refractivity contribution < 1.29 is 14.1 Å². The average Bonchev–Trinajstić information content (AvgIpc) is 3.25. The van der Waals surface area contributed by atoms with Gasteiger partial charge in [0.05, 0.1) is 11.0 Å². The molecule has 5 nitrogen and oxygen atoms in total. The Balaban J connectivity index is 1.45. The molecule has 2 heterocycles. The largest absolute Gasteiger partial charge is 0.457 e. The van der Waals surface area contributed by atoms with Crippen LogP contribution >= 0.6 is 22.9 Å². The van der Waals surface area contributed by atoms with Crippen molar-refractivity contribution in [3.63, 3.8) is 0 Å². The van der Waals surface area contributed by atoms with Crippen molar-refractivity contribution >= 4 is 28.9 Å². The van der Waals surface area contributed by atoms with E-state index in [1.807, 2.05) is 29.0 Å². The molecule has 1 aliphatic carbocycles. The number of thiophene rings is 1. The Hall–Kier alpha value is -2.18. The minimum absolute atomic E-state index is 0.00180. The van der Waals surface area contributed by atoms with Crippen LogP contribution in [0.15, 0.2) is 45.6 Å². The number of nitrogens with zero attached hydrogens (tertiary/aromatic N) is 2. The molecule has 0 atom stereocenters. The SMILES string of the molecule is O=C(OCc1noc(-c2ccsc2)n1)C1(c2ccc(Cl)cc2)CCC1. The first-order valence-electron chi connectivity index (χ1n) is 7.96. The third-order valence-corrected chi connectivity index (χ3v) is 5.50. The first-order chi connectivity index (χ1) is 12.2. The smallest absolute Gasteiger partial charge is 0.317 e. The summed E-state index contributed by atoms with van der Waals surface area (Å²) in [7, 11) is 0. The van der Waals surface area contributed by atoms with Gasteiger partial charge >= 0.3 is 5.97 Å². The zero-order valence-electron chi connectivity index (χ0n) is 13.3. The van der Waals surface area contributed by atoms with Crippen LogP contribution in [-0.4, -0.2) is 16.1 Å². The van der Waals surface area contributed by atoms with Gasteiger partial charge in [0.1, 0.15) is 0 Å². The van der Waals surface area contributed by atoms with Gasteiger partial charge in [-0.25, -0.2) is 0 Å². The second-order valence-corrected chi connectivity index (χ2v) is 7.26. The highest BCUT2D eigenvalue weighted by atomic mass is 35.5. The maximum absolute atomic E-state index is 12.7. The Labute approximate surface area is 153 Å². The predicted octanol–water partition coefficient (Wildman–Crippen LogP) is 4.62. The summed E-state index contributed by atoms with van der Waals surface area (Å²) in [4.78, 5) is 17.0. The summed E-state index contributed by atoms with van der Waals surface area (Å²) in [6.45, 7) is 0.00180. The molecule has 0 radical (unpaired) electrons. The van der Waals surface area contributed by atoms with Gasteiger partial charge in [0.15, 0.2) is 6.61 Å². The minimum Gasteiger partial charge on any atom is -0.457 e. The molecular formula is C18H15ClN2O3S. The first-order valence-corrected chi connectivity index (χ1v) is 9.28. The maximum atomic E-state index is 12.7. The first kappa shape index (κ1) is 16.3. The minimum atomic E-state index is -0.579. The van der Waals surface area contributed by atoms with Crippen molar-refractivity contribution in [2.45, 2.75) is 31.3 Å². The Kier molecular flexibility index (Phi) is 4.31. The summed E-state index contributed by atoms with van der Waals surface area (Å²) in [6, 6.07) is 9.29. The third-order valence-electron chi connectivity index (χ3n) is 4.56. The number of hydrogen-bond acceptors (Lipinski definition) is 6. The van der Waals surface area contributed by atoms with E-state index >= 15 is 0 Å². The van der Waals surface area contributed by atoms with Crippen LogP contribution in [0, 0.1) is 0 Å². The number of carbonyl (C=O) groups is 1. The van der Waals surface area contributed by atoms with E-state index in [1.54, 1.807) is 23.5 Å². The van der Waals surface area contributed by atoms with E-state index < -0.39 is 5.41 Å². The fourth-order valence-electron chi connectivity index (χ4n) is 2.99. The molecule has 0 saturated heterocycles. The summed E-state index contributed by atoms with van der Waals surface area (Å²) in [5, 5.41) is 8.39. The number of carbonyl (C=O) groups excluding carboxylic acids is 1. The Bertz CT molecular complexity index is 870. The lowest BCUT2D eigenvalue weighted by Gasteiger charge is -2.39. The lowest BCUT2D eigenvalue weighted by atomic mass is 9.64. The van der Waals surface area contributed by atoms with Crippen LogP contribution in [0.4, 0.5) is 0 Å². The van der Waals surface area contributed by atoms with Crippen molar-refractivity contribution in [3.8, 4) is 11.5 Å². The summed E-state index contributed by atoms with van der Waals surface area (Å²) in [5.74, 6) is 0.548. The molecule has 1 fully saturated rings. The highest BCUT2D eigenvalue weighted by molar-refractivity contribution is 7.08. The molecule has 3 aromatic rings. The summed E-state index contributed by atoms with van der Waals surface area (Å²) in [6.07, 6.45) is 2.56. The van der Waals surface area contributed by atoms with Gasteiger partial charge in [-0.3, -0.25) is 4.79 Å². The number of hydrogen-bond donors (Lipinski definition) is 0.